The van der Waals surface area contributed by atoms with Crippen LogP contribution >= 0.6 is 12.4 Å². The Morgan fingerprint density at radius 1 is 0.900 bits per heavy atom. The van der Waals surface area contributed by atoms with Gasteiger partial charge in [0.1, 0.15) is 0 Å². The summed E-state index contributed by atoms with van der Waals surface area (Å²) < 4.78 is 75.7. The number of nitrogens with one attached hydrogen (secondary N) is 1. The number of halogens is 7. The zero-order chi connectivity index (χ0) is 14.5. The van der Waals surface area contributed by atoms with E-state index in [1.807, 2.05) is 0 Å². The molecule has 1 heterocycles. The Morgan fingerprint density at radius 2 is 1.30 bits per heavy atom. The van der Waals surface area contributed by atoms with Gasteiger partial charge in [0.2, 0.25) is 0 Å². The second kappa shape index (κ2) is 5.09. The van der Waals surface area contributed by atoms with Crippen LogP contribution in [0.1, 0.15) is 16.7 Å². The molecule has 1 saturated heterocycles. The van der Waals surface area contributed by atoms with Crippen molar-refractivity contribution < 1.29 is 26.3 Å². The second-order valence-corrected chi connectivity index (χ2v) is 4.55. The summed E-state index contributed by atoms with van der Waals surface area (Å²) in [4.78, 5) is 0. The molecule has 2 nitrogen and oxygen atoms in total. The molecule has 2 rings (SSSR count). The quantitative estimate of drug-likeness (QED) is 0.781. The Kier molecular flexibility index (Phi) is 4.34. The molecule has 0 bridgehead atoms. The highest BCUT2D eigenvalue weighted by atomic mass is 35.5. The Hall–Kier alpha value is -0.990. The van der Waals surface area contributed by atoms with E-state index in [0.717, 1.165) is 0 Å². The lowest BCUT2D eigenvalue weighted by Gasteiger charge is -2.40. The lowest BCUT2D eigenvalue weighted by atomic mass is 9.83. The molecule has 9 heteroatoms. The highest BCUT2D eigenvalue weighted by molar-refractivity contribution is 5.85. The Bertz CT molecular complexity index is 460. The van der Waals surface area contributed by atoms with Gasteiger partial charge in [0.15, 0.2) is 0 Å². The summed E-state index contributed by atoms with van der Waals surface area (Å²) in [6.45, 7) is 0.289. The third-order valence-corrected chi connectivity index (χ3v) is 3.04. The Balaban J connectivity index is 0.00000200. The van der Waals surface area contributed by atoms with Crippen molar-refractivity contribution in [2.75, 3.05) is 13.1 Å². The van der Waals surface area contributed by atoms with E-state index in [9.17, 15) is 26.3 Å². The highest BCUT2D eigenvalue weighted by Gasteiger charge is 2.41. The van der Waals surface area contributed by atoms with Gasteiger partial charge in [-0.1, -0.05) is 0 Å². The van der Waals surface area contributed by atoms with Crippen LogP contribution in [0, 0.1) is 0 Å². The minimum Gasteiger partial charge on any atom is -0.319 e. The molecule has 1 aliphatic heterocycles. The van der Waals surface area contributed by atoms with Gasteiger partial charge < -0.3 is 11.1 Å². The van der Waals surface area contributed by atoms with Gasteiger partial charge in [-0.15, -0.1) is 12.4 Å². The van der Waals surface area contributed by atoms with Gasteiger partial charge in [-0.05, 0) is 23.8 Å². The molecule has 3 N–H and O–H groups in total. The number of benzene rings is 1. The molecule has 1 fully saturated rings. The van der Waals surface area contributed by atoms with Gasteiger partial charge in [0, 0.05) is 13.1 Å². The molecule has 0 aliphatic carbocycles. The maximum absolute atomic E-state index is 12.6. The molecule has 0 saturated carbocycles. The highest BCUT2D eigenvalue weighted by Crippen LogP contribution is 2.38. The van der Waals surface area contributed by atoms with Crippen molar-refractivity contribution in [1.29, 1.82) is 0 Å². The largest absolute Gasteiger partial charge is 0.416 e. The summed E-state index contributed by atoms with van der Waals surface area (Å²) in [6.07, 6.45) is -9.69. The van der Waals surface area contributed by atoms with Gasteiger partial charge in [0.25, 0.3) is 0 Å². The van der Waals surface area contributed by atoms with E-state index >= 15 is 0 Å². The van der Waals surface area contributed by atoms with Crippen LogP contribution in [0.25, 0.3) is 0 Å². The molecule has 1 aliphatic rings. The minimum absolute atomic E-state index is 0. The van der Waals surface area contributed by atoms with Gasteiger partial charge in [0.05, 0.1) is 16.7 Å². The van der Waals surface area contributed by atoms with Crippen molar-refractivity contribution >= 4 is 12.4 Å². The fraction of sp³-hybridized carbons (Fsp3) is 0.455. The van der Waals surface area contributed by atoms with Crippen LogP contribution in [-0.2, 0) is 17.9 Å². The predicted molar refractivity (Wildman–Crippen MR) is 62.4 cm³/mol. The third kappa shape index (κ3) is 3.18. The molecule has 0 radical (unpaired) electrons. The topological polar surface area (TPSA) is 38.0 Å². The van der Waals surface area contributed by atoms with Gasteiger partial charge in [-0.3, -0.25) is 0 Å². The van der Waals surface area contributed by atoms with Crippen LogP contribution in [0.15, 0.2) is 18.2 Å². The van der Waals surface area contributed by atoms with E-state index in [4.69, 9.17) is 5.73 Å². The standard InChI is InChI=1S/C11H10F6N2.ClH/c12-10(13,14)7-1-6(9(18)4-19-5-9)2-8(3-7)11(15,16)17;/h1-3,19H,4-5,18H2;1H. The van der Waals surface area contributed by atoms with Gasteiger partial charge in [-0.25, -0.2) is 0 Å². The normalized spacial score (nSPS) is 18.1. The van der Waals surface area contributed by atoms with Gasteiger partial charge in [-0.2, -0.15) is 26.3 Å². The summed E-state index contributed by atoms with van der Waals surface area (Å²) in [5.74, 6) is 0. The van der Waals surface area contributed by atoms with E-state index in [1.54, 1.807) is 0 Å². The van der Waals surface area contributed by atoms with E-state index in [1.165, 1.54) is 0 Å². The fourth-order valence-corrected chi connectivity index (χ4v) is 1.84. The molecule has 1 aromatic carbocycles. The maximum atomic E-state index is 12.6. The van der Waals surface area contributed by atoms with Crippen molar-refractivity contribution in [3.05, 3.63) is 34.9 Å². The summed E-state index contributed by atoms with van der Waals surface area (Å²) >= 11 is 0. The zero-order valence-electron chi connectivity index (χ0n) is 9.90. The van der Waals surface area contributed by atoms with Crippen molar-refractivity contribution in [3.8, 4) is 0 Å². The Labute approximate surface area is 116 Å². The van der Waals surface area contributed by atoms with E-state index < -0.39 is 29.0 Å². The average molecular weight is 321 g/mol. The lowest BCUT2D eigenvalue weighted by Crippen LogP contribution is -2.62. The van der Waals surface area contributed by atoms with Crippen molar-refractivity contribution in [2.24, 2.45) is 5.73 Å². The second-order valence-electron chi connectivity index (χ2n) is 4.55. The minimum atomic E-state index is -4.84. The first kappa shape index (κ1) is 17.1. The van der Waals surface area contributed by atoms with Crippen molar-refractivity contribution in [1.82, 2.24) is 5.32 Å². The van der Waals surface area contributed by atoms with E-state index in [-0.39, 0.29) is 37.1 Å². The molecular formula is C11H11ClF6N2. The zero-order valence-corrected chi connectivity index (χ0v) is 10.7. The van der Waals surface area contributed by atoms with Crippen molar-refractivity contribution in [2.45, 2.75) is 17.9 Å². The first-order chi connectivity index (χ1) is 8.52. The first-order valence-electron chi connectivity index (χ1n) is 5.32. The number of nitrogens with two attached hydrogens (primary N) is 1. The van der Waals surface area contributed by atoms with E-state index in [2.05, 4.69) is 5.32 Å². The number of hydrogen-bond donors (Lipinski definition) is 2. The van der Waals surface area contributed by atoms with Crippen LogP contribution in [0.3, 0.4) is 0 Å². The van der Waals surface area contributed by atoms with Crippen LogP contribution in [0.5, 0.6) is 0 Å². The average Bonchev–Trinajstić information content (AvgIpc) is 2.23. The maximum Gasteiger partial charge on any atom is 0.416 e. The molecule has 0 spiro atoms. The summed E-state index contributed by atoms with van der Waals surface area (Å²) in [7, 11) is 0. The molecular weight excluding hydrogens is 310 g/mol. The molecule has 0 atom stereocenters. The summed E-state index contributed by atoms with van der Waals surface area (Å²) in [5.41, 5.74) is 1.74. The molecule has 0 aromatic heterocycles. The molecule has 114 valence electrons. The van der Waals surface area contributed by atoms with Crippen LogP contribution in [0.2, 0.25) is 0 Å². The van der Waals surface area contributed by atoms with Crippen molar-refractivity contribution in [3.63, 3.8) is 0 Å². The first-order valence-corrected chi connectivity index (χ1v) is 5.32. The lowest BCUT2D eigenvalue weighted by molar-refractivity contribution is -0.143. The van der Waals surface area contributed by atoms with E-state index in [0.29, 0.717) is 12.1 Å². The molecule has 0 unspecified atom stereocenters. The van der Waals surface area contributed by atoms with Crippen LogP contribution in [-0.4, -0.2) is 13.1 Å². The summed E-state index contributed by atoms with van der Waals surface area (Å²) in [5, 5.41) is 2.73. The Morgan fingerprint density at radius 3 is 1.55 bits per heavy atom. The number of rotatable bonds is 1. The molecule has 1 aromatic rings. The van der Waals surface area contributed by atoms with Crippen LogP contribution < -0.4 is 11.1 Å². The SMILES string of the molecule is Cl.NC1(c2cc(C(F)(F)F)cc(C(F)(F)F)c2)CNC1. The monoisotopic (exact) mass is 320 g/mol. The third-order valence-electron chi connectivity index (χ3n) is 3.04. The fourth-order valence-electron chi connectivity index (χ4n) is 1.84. The molecule has 0 amide bonds. The number of hydrogen-bond acceptors (Lipinski definition) is 2. The number of alkyl halides is 6. The van der Waals surface area contributed by atoms with Gasteiger partial charge >= 0.3 is 12.4 Å². The molecule has 20 heavy (non-hydrogen) atoms. The smallest absolute Gasteiger partial charge is 0.319 e. The summed E-state index contributed by atoms with van der Waals surface area (Å²) in [6, 6.07) is 1.45. The van der Waals surface area contributed by atoms with Crippen LogP contribution in [0.4, 0.5) is 26.3 Å². The predicted octanol–water partition coefficient (Wildman–Crippen LogP) is 2.90.